The molecule has 1 aliphatic carbocycles. The van der Waals surface area contributed by atoms with Crippen LogP contribution in [0.1, 0.15) is 46.5 Å². The first-order valence-corrected chi connectivity index (χ1v) is 7.38. The summed E-state index contributed by atoms with van der Waals surface area (Å²) in [6, 6.07) is -0.849. The summed E-state index contributed by atoms with van der Waals surface area (Å²) in [6.07, 6.45) is 3.17. The maximum Gasteiger partial charge on any atom is 0.408 e. The van der Waals surface area contributed by atoms with E-state index in [1.807, 2.05) is 0 Å². The minimum absolute atomic E-state index is 0.244. The lowest BCUT2D eigenvalue weighted by Gasteiger charge is -2.30. The normalized spacial score (nSPS) is 18.9. The van der Waals surface area contributed by atoms with Gasteiger partial charge in [-0.3, -0.25) is 0 Å². The van der Waals surface area contributed by atoms with Gasteiger partial charge in [-0.1, -0.05) is 12.8 Å². The van der Waals surface area contributed by atoms with Gasteiger partial charge in [-0.15, -0.1) is 0 Å². The highest BCUT2D eigenvalue weighted by Gasteiger charge is 2.38. The number of hydrogen-bond donors (Lipinski definition) is 1. The molecule has 0 aromatic rings. The monoisotopic (exact) mass is 301 g/mol. The lowest BCUT2D eigenvalue weighted by atomic mass is 9.94. The predicted molar refractivity (Wildman–Crippen MR) is 77.9 cm³/mol. The highest BCUT2D eigenvalue weighted by atomic mass is 16.6. The maximum absolute atomic E-state index is 12.0. The van der Waals surface area contributed by atoms with Crippen molar-refractivity contribution in [3.05, 3.63) is 0 Å². The van der Waals surface area contributed by atoms with Gasteiger partial charge in [-0.05, 0) is 39.5 Å². The average Bonchev–Trinajstić information content (AvgIpc) is 2.89. The molecule has 0 saturated heterocycles. The van der Waals surface area contributed by atoms with Crippen molar-refractivity contribution < 1.29 is 23.8 Å². The van der Waals surface area contributed by atoms with Crippen molar-refractivity contribution >= 4 is 12.1 Å². The molecule has 6 nitrogen and oxygen atoms in total. The summed E-state index contributed by atoms with van der Waals surface area (Å²) >= 11 is 0. The molecule has 0 unspecified atom stereocenters. The Bertz CT molecular complexity index is 358. The van der Waals surface area contributed by atoms with Crippen LogP contribution in [0.2, 0.25) is 0 Å². The number of amides is 1. The second kappa shape index (κ2) is 7.64. The second-order valence-corrected chi connectivity index (χ2v) is 6.39. The Balaban J connectivity index is 2.78. The number of esters is 1. The lowest BCUT2D eigenvalue weighted by molar-refractivity contribution is -0.148. The molecule has 21 heavy (non-hydrogen) atoms. The molecule has 0 spiro atoms. The molecule has 0 aliphatic heterocycles. The first-order valence-electron chi connectivity index (χ1n) is 7.38. The number of methoxy groups -OCH3 is 2. The zero-order valence-corrected chi connectivity index (χ0v) is 13.6. The van der Waals surface area contributed by atoms with E-state index in [9.17, 15) is 9.59 Å². The topological polar surface area (TPSA) is 73.9 Å². The largest absolute Gasteiger partial charge is 0.467 e. The van der Waals surface area contributed by atoms with E-state index in [1.54, 1.807) is 27.9 Å². The van der Waals surface area contributed by atoms with E-state index in [1.165, 1.54) is 7.11 Å². The van der Waals surface area contributed by atoms with E-state index in [-0.39, 0.29) is 5.92 Å². The molecule has 1 saturated carbocycles. The standard InChI is InChI=1S/C15H27NO5/c1-15(2,3)21-14(18)16-11(13(17)20-5)12(19-4)10-8-6-7-9-10/h10-12H,6-9H2,1-5H3,(H,16,18)/t11-,12+/m0/s1. The predicted octanol–water partition coefficient (Wildman–Crippen LogP) is 2.26. The van der Waals surface area contributed by atoms with Gasteiger partial charge in [0, 0.05) is 7.11 Å². The van der Waals surface area contributed by atoms with Gasteiger partial charge in [0.2, 0.25) is 0 Å². The maximum atomic E-state index is 12.0. The summed E-state index contributed by atoms with van der Waals surface area (Å²) < 4.78 is 15.5. The molecular formula is C15H27NO5. The summed E-state index contributed by atoms with van der Waals surface area (Å²) in [4.78, 5) is 23.9. The summed E-state index contributed by atoms with van der Waals surface area (Å²) in [5.74, 6) is -0.270. The summed E-state index contributed by atoms with van der Waals surface area (Å²) in [7, 11) is 2.85. The Hall–Kier alpha value is -1.30. The molecule has 6 heteroatoms. The van der Waals surface area contributed by atoms with Crippen LogP contribution >= 0.6 is 0 Å². The Morgan fingerprint density at radius 2 is 1.71 bits per heavy atom. The highest BCUT2D eigenvalue weighted by molar-refractivity contribution is 5.82. The number of rotatable bonds is 5. The van der Waals surface area contributed by atoms with Crippen LogP contribution in [0.15, 0.2) is 0 Å². The minimum Gasteiger partial charge on any atom is -0.467 e. The molecule has 0 aromatic carbocycles. The van der Waals surface area contributed by atoms with Crippen molar-refractivity contribution in [3.63, 3.8) is 0 Å². The zero-order valence-electron chi connectivity index (χ0n) is 13.6. The number of carbonyl (C=O) groups is 2. The molecule has 0 aromatic heterocycles. The average molecular weight is 301 g/mol. The molecule has 122 valence electrons. The van der Waals surface area contributed by atoms with Gasteiger partial charge in [0.05, 0.1) is 13.2 Å². The molecule has 1 rings (SSSR count). The van der Waals surface area contributed by atoms with Crippen LogP contribution in [-0.2, 0) is 19.0 Å². The van der Waals surface area contributed by atoms with Crippen molar-refractivity contribution in [1.29, 1.82) is 0 Å². The SMILES string of the molecule is COC(=O)[C@@H](NC(=O)OC(C)(C)C)[C@H](OC)C1CCCC1. The molecule has 2 atom stereocenters. The van der Waals surface area contributed by atoms with Crippen LogP contribution in [-0.4, -0.2) is 44.0 Å². The van der Waals surface area contributed by atoms with Gasteiger partial charge >= 0.3 is 12.1 Å². The molecule has 0 radical (unpaired) electrons. The van der Waals surface area contributed by atoms with Gasteiger partial charge in [-0.2, -0.15) is 0 Å². The second-order valence-electron chi connectivity index (χ2n) is 6.39. The van der Waals surface area contributed by atoms with Gasteiger partial charge in [0.25, 0.3) is 0 Å². The van der Waals surface area contributed by atoms with Crippen LogP contribution in [0.5, 0.6) is 0 Å². The third kappa shape index (κ3) is 5.53. The quantitative estimate of drug-likeness (QED) is 0.788. The van der Waals surface area contributed by atoms with Crippen molar-refractivity contribution in [1.82, 2.24) is 5.32 Å². The van der Waals surface area contributed by atoms with Crippen LogP contribution in [0, 0.1) is 5.92 Å². The van der Waals surface area contributed by atoms with Gasteiger partial charge in [-0.25, -0.2) is 9.59 Å². The van der Waals surface area contributed by atoms with Crippen LogP contribution < -0.4 is 5.32 Å². The van der Waals surface area contributed by atoms with Crippen molar-refractivity contribution in [2.45, 2.75) is 64.2 Å². The number of ether oxygens (including phenoxy) is 3. The Kier molecular flexibility index (Phi) is 6.45. The smallest absolute Gasteiger partial charge is 0.408 e. The fourth-order valence-electron chi connectivity index (χ4n) is 2.72. The van der Waals surface area contributed by atoms with Crippen LogP contribution in [0.4, 0.5) is 4.79 Å². The van der Waals surface area contributed by atoms with Gasteiger partial charge < -0.3 is 19.5 Å². The Morgan fingerprint density at radius 1 is 1.14 bits per heavy atom. The number of nitrogens with one attached hydrogen (secondary N) is 1. The van der Waals surface area contributed by atoms with Crippen LogP contribution in [0.3, 0.4) is 0 Å². The van der Waals surface area contributed by atoms with E-state index in [2.05, 4.69) is 5.32 Å². The molecule has 0 bridgehead atoms. The van der Waals surface area contributed by atoms with E-state index in [0.717, 1.165) is 25.7 Å². The van der Waals surface area contributed by atoms with Crippen molar-refractivity contribution in [2.75, 3.05) is 14.2 Å². The van der Waals surface area contributed by atoms with Crippen LogP contribution in [0.25, 0.3) is 0 Å². The third-order valence-electron chi connectivity index (χ3n) is 3.59. The fraction of sp³-hybridized carbons (Fsp3) is 0.867. The summed E-state index contributed by atoms with van der Waals surface area (Å²) in [5, 5.41) is 2.59. The van der Waals surface area contributed by atoms with E-state index in [4.69, 9.17) is 14.2 Å². The Morgan fingerprint density at radius 3 is 2.14 bits per heavy atom. The summed E-state index contributed by atoms with van der Waals surface area (Å²) in [5.41, 5.74) is -0.624. The number of hydrogen-bond acceptors (Lipinski definition) is 5. The molecule has 1 N–H and O–H groups in total. The first-order chi connectivity index (χ1) is 9.78. The van der Waals surface area contributed by atoms with Crippen molar-refractivity contribution in [3.8, 4) is 0 Å². The van der Waals surface area contributed by atoms with Crippen molar-refractivity contribution in [2.24, 2.45) is 5.92 Å². The molecule has 1 fully saturated rings. The zero-order chi connectivity index (χ0) is 16.0. The number of carbonyl (C=O) groups excluding carboxylic acids is 2. The van der Waals surface area contributed by atoms with E-state index < -0.39 is 29.8 Å². The molecule has 1 amide bonds. The highest BCUT2D eigenvalue weighted by Crippen LogP contribution is 2.31. The third-order valence-corrected chi connectivity index (χ3v) is 3.59. The Labute approximate surface area is 126 Å². The fourth-order valence-corrected chi connectivity index (χ4v) is 2.72. The number of alkyl carbamates (subject to hydrolysis) is 1. The van der Waals surface area contributed by atoms with Gasteiger partial charge in [0.1, 0.15) is 5.60 Å². The molecular weight excluding hydrogens is 274 g/mol. The van der Waals surface area contributed by atoms with E-state index in [0.29, 0.717) is 0 Å². The molecule has 1 aliphatic rings. The van der Waals surface area contributed by atoms with Gasteiger partial charge in [0.15, 0.2) is 6.04 Å². The minimum atomic E-state index is -0.849. The summed E-state index contributed by atoms with van der Waals surface area (Å²) in [6.45, 7) is 5.31. The molecule has 0 heterocycles. The lowest BCUT2D eigenvalue weighted by Crippen LogP contribution is -2.53. The van der Waals surface area contributed by atoms with E-state index >= 15 is 0 Å². The first kappa shape index (κ1) is 17.8.